The van der Waals surface area contributed by atoms with E-state index in [4.69, 9.17) is 0 Å². The van der Waals surface area contributed by atoms with E-state index in [2.05, 4.69) is 27.2 Å². The van der Waals surface area contributed by atoms with Gasteiger partial charge in [-0.05, 0) is 26.4 Å². The Bertz CT molecular complexity index is 608. The van der Waals surface area contributed by atoms with Gasteiger partial charge in [0.15, 0.2) is 5.65 Å². The highest BCUT2D eigenvalue weighted by Crippen LogP contribution is 2.15. The van der Waals surface area contributed by atoms with Crippen molar-refractivity contribution in [2.75, 3.05) is 20.1 Å². The molecule has 6 heteroatoms. The first-order valence-corrected chi connectivity index (χ1v) is 6.96. The fourth-order valence-corrected chi connectivity index (χ4v) is 2.73. The molecule has 0 aromatic carbocycles. The van der Waals surface area contributed by atoms with Crippen LogP contribution in [0.2, 0.25) is 0 Å². The summed E-state index contributed by atoms with van der Waals surface area (Å²) in [7, 11) is 2.07. The van der Waals surface area contributed by atoms with E-state index in [0.29, 0.717) is 6.54 Å². The highest BCUT2D eigenvalue weighted by molar-refractivity contribution is 5.78. The lowest BCUT2D eigenvalue weighted by molar-refractivity contribution is -0.126. The third-order valence-electron chi connectivity index (χ3n) is 3.83. The van der Waals surface area contributed by atoms with Gasteiger partial charge in [-0.25, -0.2) is 4.98 Å². The van der Waals surface area contributed by atoms with Crippen LogP contribution in [0, 0.1) is 5.92 Å². The molecule has 106 valence electrons. The zero-order chi connectivity index (χ0) is 13.9. The van der Waals surface area contributed by atoms with Crippen LogP contribution < -0.4 is 5.32 Å². The van der Waals surface area contributed by atoms with Gasteiger partial charge in [0.25, 0.3) is 0 Å². The van der Waals surface area contributed by atoms with Crippen molar-refractivity contribution in [2.45, 2.75) is 19.4 Å². The number of hydrogen-bond donors (Lipinski definition) is 1. The molecule has 20 heavy (non-hydrogen) atoms. The Morgan fingerprint density at radius 1 is 1.50 bits per heavy atom. The van der Waals surface area contributed by atoms with Gasteiger partial charge < -0.3 is 10.2 Å². The van der Waals surface area contributed by atoms with Crippen LogP contribution in [0.3, 0.4) is 0 Å². The summed E-state index contributed by atoms with van der Waals surface area (Å²) in [6.07, 6.45) is 9.14. The minimum atomic E-state index is 0.106. The lowest BCUT2D eigenvalue weighted by Gasteiger charge is -2.28. The molecule has 2 aromatic rings. The van der Waals surface area contributed by atoms with Crippen molar-refractivity contribution in [3.05, 3.63) is 30.5 Å². The van der Waals surface area contributed by atoms with E-state index in [9.17, 15) is 4.79 Å². The lowest BCUT2D eigenvalue weighted by atomic mass is 9.97. The van der Waals surface area contributed by atoms with Crippen LogP contribution in [0.5, 0.6) is 0 Å². The fourth-order valence-electron chi connectivity index (χ4n) is 2.73. The van der Waals surface area contributed by atoms with Crippen LogP contribution in [-0.4, -0.2) is 45.3 Å². The topological polar surface area (TPSA) is 62.5 Å². The van der Waals surface area contributed by atoms with Gasteiger partial charge in [-0.15, -0.1) is 0 Å². The van der Waals surface area contributed by atoms with Gasteiger partial charge in [-0.2, -0.15) is 0 Å². The molecule has 1 aliphatic heterocycles. The van der Waals surface area contributed by atoms with E-state index in [1.165, 1.54) is 0 Å². The first-order valence-electron chi connectivity index (χ1n) is 6.96. The van der Waals surface area contributed by atoms with Gasteiger partial charge >= 0.3 is 0 Å². The Kier molecular flexibility index (Phi) is 3.64. The molecule has 3 heterocycles. The largest absolute Gasteiger partial charge is 0.350 e. The van der Waals surface area contributed by atoms with E-state index in [-0.39, 0.29) is 11.8 Å². The van der Waals surface area contributed by atoms with Crippen LogP contribution in [0.4, 0.5) is 0 Å². The highest BCUT2D eigenvalue weighted by Gasteiger charge is 2.23. The molecule has 1 N–H and O–H groups in total. The summed E-state index contributed by atoms with van der Waals surface area (Å²) in [5, 5.41) is 3.02. The number of nitrogens with one attached hydrogen (secondary N) is 1. The van der Waals surface area contributed by atoms with Gasteiger partial charge in [-0.1, -0.05) is 0 Å². The Morgan fingerprint density at radius 2 is 2.40 bits per heavy atom. The molecule has 0 saturated carbocycles. The van der Waals surface area contributed by atoms with E-state index in [1.54, 1.807) is 18.6 Å². The average molecular weight is 273 g/mol. The quantitative estimate of drug-likeness (QED) is 0.893. The van der Waals surface area contributed by atoms with Gasteiger partial charge in [0.1, 0.15) is 0 Å². The highest BCUT2D eigenvalue weighted by atomic mass is 16.1. The molecule has 6 nitrogen and oxygen atoms in total. The Morgan fingerprint density at radius 3 is 3.25 bits per heavy atom. The van der Waals surface area contributed by atoms with Crippen LogP contribution in [0.15, 0.2) is 24.8 Å². The summed E-state index contributed by atoms with van der Waals surface area (Å²) >= 11 is 0. The van der Waals surface area contributed by atoms with Gasteiger partial charge in [0.2, 0.25) is 5.91 Å². The molecule has 0 spiro atoms. The minimum absolute atomic E-state index is 0.106. The maximum atomic E-state index is 12.2. The summed E-state index contributed by atoms with van der Waals surface area (Å²) in [5.41, 5.74) is 1.77. The summed E-state index contributed by atoms with van der Waals surface area (Å²) in [6.45, 7) is 2.44. The molecule has 1 fully saturated rings. The first kappa shape index (κ1) is 13.1. The van der Waals surface area contributed by atoms with Crippen molar-refractivity contribution in [1.82, 2.24) is 24.6 Å². The van der Waals surface area contributed by atoms with E-state index in [1.807, 2.05) is 10.6 Å². The molecule has 2 aromatic heterocycles. The number of piperidine rings is 1. The lowest BCUT2D eigenvalue weighted by Crippen LogP contribution is -2.41. The third kappa shape index (κ3) is 2.65. The summed E-state index contributed by atoms with van der Waals surface area (Å²) in [4.78, 5) is 22.7. The second kappa shape index (κ2) is 5.58. The molecule has 1 amide bonds. The van der Waals surface area contributed by atoms with Crippen molar-refractivity contribution in [1.29, 1.82) is 0 Å². The number of nitrogens with zero attached hydrogens (tertiary/aromatic N) is 4. The van der Waals surface area contributed by atoms with Crippen molar-refractivity contribution in [3.8, 4) is 0 Å². The summed E-state index contributed by atoms with van der Waals surface area (Å²) in [5.74, 6) is 0.246. The Balaban J connectivity index is 1.63. The van der Waals surface area contributed by atoms with E-state index >= 15 is 0 Å². The molecule has 1 atom stereocenters. The predicted molar refractivity (Wildman–Crippen MR) is 75.1 cm³/mol. The number of carbonyl (C=O) groups excluding carboxylic acids is 1. The molecule has 0 bridgehead atoms. The van der Waals surface area contributed by atoms with Gasteiger partial charge in [0.05, 0.1) is 30.6 Å². The number of carbonyl (C=O) groups is 1. The Hall–Kier alpha value is -1.95. The third-order valence-corrected chi connectivity index (χ3v) is 3.83. The minimum Gasteiger partial charge on any atom is -0.350 e. The standard InChI is InChI=1S/C14H19N5O/c1-18-5-2-3-11(10-18)14(20)17-8-12-7-16-13-9-15-4-6-19(12)13/h4,6-7,9,11H,2-3,5,8,10H2,1H3,(H,17,20). The van der Waals surface area contributed by atoms with Crippen LogP contribution in [0.1, 0.15) is 18.5 Å². The molecular formula is C14H19N5O. The SMILES string of the molecule is CN1CCCC(C(=O)NCc2cnc3cnccn23)C1. The van der Waals surface area contributed by atoms with Crippen LogP contribution in [0.25, 0.3) is 5.65 Å². The summed E-state index contributed by atoms with van der Waals surface area (Å²) in [6, 6.07) is 0. The van der Waals surface area contributed by atoms with Crippen molar-refractivity contribution < 1.29 is 4.79 Å². The fraction of sp³-hybridized carbons (Fsp3) is 0.500. The van der Waals surface area contributed by atoms with E-state index < -0.39 is 0 Å². The maximum absolute atomic E-state index is 12.2. The van der Waals surface area contributed by atoms with Crippen molar-refractivity contribution in [2.24, 2.45) is 5.92 Å². The number of imidazole rings is 1. The second-order valence-electron chi connectivity index (χ2n) is 5.37. The number of hydrogen-bond acceptors (Lipinski definition) is 4. The molecule has 3 rings (SSSR count). The Labute approximate surface area is 117 Å². The van der Waals surface area contributed by atoms with Crippen molar-refractivity contribution in [3.63, 3.8) is 0 Å². The number of amides is 1. The zero-order valence-electron chi connectivity index (χ0n) is 11.6. The molecule has 1 aliphatic rings. The molecule has 0 aliphatic carbocycles. The van der Waals surface area contributed by atoms with Crippen LogP contribution >= 0.6 is 0 Å². The second-order valence-corrected chi connectivity index (χ2v) is 5.37. The number of rotatable bonds is 3. The molecule has 1 saturated heterocycles. The normalized spacial score (nSPS) is 20.1. The first-order chi connectivity index (χ1) is 9.74. The van der Waals surface area contributed by atoms with Crippen LogP contribution in [-0.2, 0) is 11.3 Å². The average Bonchev–Trinajstić information content (AvgIpc) is 2.88. The molecule has 0 radical (unpaired) electrons. The van der Waals surface area contributed by atoms with Gasteiger partial charge in [0, 0.05) is 18.9 Å². The smallest absolute Gasteiger partial charge is 0.224 e. The molecule has 1 unspecified atom stereocenters. The van der Waals surface area contributed by atoms with E-state index in [0.717, 1.165) is 37.3 Å². The predicted octanol–water partition coefficient (Wildman–Crippen LogP) is 0.687. The maximum Gasteiger partial charge on any atom is 0.224 e. The monoisotopic (exact) mass is 273 g/mol. The zero-order valence-corrected chi connectivity index (χ0v) is 11.6. The van der Waals surface area contributed by atoms with Gasteiger partial charge in [-0.3, -0.25) is 14.2 Å². The number of fused-ring (bicyclic) bond motifs is 1. The van der Waals surface area contributed by atoms with Crippen molar-refractivity contribution >= 4 is 11.6 Å². The molecular weight excluding hydrogens is 254 g/mol. The number of aromatic nitrogens is 3. The summed E-state index contributed by atoms with van der Waals surface area (Å²) < 4.78 is 1.94. The number of likely N-dealkylation sites (tertiary alicyclic amines) is 1.